The first-order valence-electron chi connectivity index (χ1n) is 7.04. The Balaban J connectivity index is 1.80. The normalized spacial score (nSPS) is 34.1. The van der Waals surface area contributed by atoms with Crippen molar-refractivity contribution in [1.29, 1.82) is 0 Å². The number of hydrogen-bond acceptors (Lipinski definition) is 1. The lowest BCUT2D eigenvalue weighted by Gasteiger charge is -2.53. The van der Waals surface area contributed by atoms with Crippen LogP contribution in [0.25, 0.3) is 0 Å². The Kier molecular flexibility index (Phi) is 3.72. The zero-order valence-corrected chi connectivity index (χ0v) is 11.4. The first-order valence-corrected chi connectivity index (χ1v) is 7.04. The molecule has 0 N–H and O–H groups in total. The summed E-state index contributed by atoms with van der Waals surface area (Å²) in [6.07, 6.45) is 7.78. The third-order valence-corrected chi connectivity index (χ3v) is 4.76. The van der Waals surface area contributed by atoms with Crippen molar-refractivity contribution in [2.75, 3.05) is 20.1 Å². The van der Waals surface area contributed by atoms with Gasteiger partial charge in [-0.05, 0) is 38.2 Å². The van der Waals surface area contributed by atoms with Gasteiger partial charge in [0.2, 0.25) is 0 Å². The second-order valence-electron chi connectivity index (χ2n) is 6.41. The lowest BCUT2D eigenvalue weighted by atomic mass is 9.83. The second-order valence-corrected chi connectivity index (χ2v) is 6.41. The maximum absolute atomic E-state index is 11.6. The van der Waals surface area contributed by atoms with E-state index in [9.17, 15) is 4.79 Å². The summed E-state index contributed by atoms with van der Waals surface area (Å²) >= 11 is 0. The van der Waals surface area contributed by atoms with Gasteiger partial charge in [0.05, 0.1) is 32.1 Å². The number of Topliss-reactive ketones (excluding diaryl/α,β-unsaturated/α-hetero) is 1. The van der Waals surface area contributed by atoms with Gasteiger partial charge in [-0.15, -0.1) is 0 Å². The smallest absolute Gasteiger partial charge is 0.158 e. The topological polar surface area (TPSA) is 17.1 Å². The van der Waals surface area contributed by atoms with Crippen molar-refractivity contribution in [3.63, 3.8) is 0 Å². The van der Waals surface area contributed by atoms with Crippen LogP contribution in [0.15, 0.2) is 12.2 Å². The van der Waals surface area contributed by atoms with E-state index in [1.165, 1.54) is 49.7 Å². The first-order chi connectivity index (χ1) is 8.01. The van der Waals surface area contributed by atoms with Crippen molar-refractivity contribution >= 4 is 5.78 Å². The van der Waals surface area contributed by atoms with Crippen LogP contribution in [0, 0.1) is 5.92 Å². The van der Waals surface area contributed by atoms with Crippen LogP contribution >= 0.6 is 0 Å². The summed E-state index contributed by atoms with van der Waals surface area (Å²) in [7, 11) is 2.39. The molecule has 2 aliphatic rings. The molecule has 1 aliphatic carbocycles. The lowest BCUT2D eigenvalue weighted by molar-refractivity contribution is -0.979. The van der Waals surface area contributed by atoms with Gasteiger partial charge < -0.3 is 4.48 Å². The number of allylic oxidation sites excluding steroid dienone is 1. The molecule has 1 saturated carbocycles. The number of nitrogens with zero attached hydrogens (tertiary/aromatic N) is 1. The van der Waals surface area contributed by atoms with Crippen molar-refractivity contribution in [1.82, 2.24) is 0 Å². The fourth-order valence-corrected chi connectivity index (χ4v) is 3.69. The Labute approximate surface area is 105 Å². The highest BCUT2D eigenvalue weighted by molar-refractivity contribution is 5.94. The van der Waals surface area contributed by atoms with Gasteiger partial charge in [-0.25, -0.2) is 0 Å². The average molecular weight is 236 g/mol. The molecular formula is C15H26NO+. The molecule has 0 atom stereocenters. The number of carbonyl (C=O) groups is 1. The number of ketones is 1. The monoisotopic (exact) mass is 236 g/mol. The van der Waals surface area contributed by atoms with Gasteiger partial charge in [0.15, 0.2) is 5.78 Å². The van der Waals surface area contributed by atoms with Crippen LogP contribution in [0.4, 0.5) is 0 Å². The molecular weight excluding hydrogens is 210 g/mol. The van der Waals surface area contributed by atoms with Crippen LogP contribution in [-0.2, 0) is 4.79 Å². The Bertz CT molecular complexity index is 309. The van der Waals surface area contributed by atoms with E-state index in [-0.39, 0.29) is 5.78 Å². The van der Waals surface area contributed by atoms with Crippen LogP contribution in [0.3, 0.4) is 0 Å². The van der Waals surface area contributed by atoms with Crippen LogP contribution in [-0.4, -0.2) is 36.4 Å². The molecule has 96 valence electrons. The number of likely N-dealkylation sites (tertiary alicyclic amines) is 1. The Morgan fingerprint density at radius 2 is 1.82 bits per heavy atom. The summed E-state index contributed by atoms with van der Waals surface area (Å²) in [5, 5.41) is 0. The molecule has 17 heavy (non-hydrogen) atoms. The Hall–Kier alpha value is -0.630. The highest BCUT2D eigenvalue weighted by atomic mass is 16.1. The molecule has 0 spiro atoms. The molecule has 1 heterocycles. The summed E-state index contributed by atoms with van der Waals surface area (Å²) in [4.78, 5) is 11.6. The molecule has 2 nitrogen and oxygen atoms in total. The van der Waals surface area contributed by atoms with Gasteiger partial charge in [0, 0.05) is 6.42 Å². The maximum atomic E-state index is 11.6. The van der Waals surface area contributed by atoms with Gasteiger partial charge in [0.25, 0.3) is 0 Å². The number of hydrogen-bond donors (Lipinski definition) is 0. The largest absolute Gasteiger partial charge is 0.323 e. The van der Waals surface area contributed by atoms with Crippen molar-refractivity contribution in [2.45, 2.75) is 51.5 Å². The maximum Gasteiger partial charge on any atom is 0.158 e. The molecule has 0 bridgehead atoms. The van der Waals surface area contributed by atoms with E-state index in [0.717, 1.165) is 18.0 Å². The second kappa shape index (κ2) is 4.93. The van der Waals surface area contributed by atoms with Crippen molar-refractivity contribution in [3.8, 4) is 0 Å². The van der Waals surface area contributed by atoms with Gasteiger partial charge in [0.1, 0.15) is 0 Å². The van der Waals surface area contributed by atoms with E-state index in [1.807, 2.05) is 6.92 Å². The van der Waals surface area contributed by atoms with Crippen LogP contribution < -0.4 is 0 Å². The molecule has 0 aromatic rings. The molecule has 0 aromatic carbocycles. The van der Waals surface area contributed by atoms with E-state index in [1.54, 1.807) is 0 Å². The highest BCUT2D eigenvalue weighted by Crippen LogP contribution is 2.36. The van der Waals surface area contributed by atoms with Crippen molar-refractivity contribution in [2.24, 2.45) is 5.92 Å². The summed E-state index contributed by atoms with van der Waals surface area (Å²) in [6.45, 7) is 7.99. The molecule has 0 aromatic heterocycles. The Morgan fingerprint density at radius 3 is 2.35 bits per heavy atom. The predicted molar refractivity (Wildman–Crippen MR) is 70.7 cm³/mol. The summed E-state index contributed by atoms with van der Waals surface area (Å²) in [5.41, 5.74) is 0.726. The minimum Gasteiger partial charge on any atom is -0.323 e. The van der Waals surface area contributed by atoms with Crippen LogP contribution in [0.2, 0.25) is 0 Å². The Morgan fingerprint density at radius 1 is 1.24 bits per heavy atom. The molecule has 0 radical (unpaired) electrons. The van der Waals surface area contributed by atoms with E-state index >= 15 is 0 Å². The molecule has 0 amide bonds. The molecule has 1 saturated heterocycles. The number of carbonyl (C=O) groups excluding carboxylic acids is 1. The SMILES string of the molecule is C=C(C)C(=O)CC1C[N+](C)(C2CCCCC2)C1. The molecule has 2 heteroatoms. The molecule has 1 aliphatic heterocycles. The van der Waals surface area contributed by atoms with Gasteiger partial charge in [-0.3, -0.25) is 4.79 Å². The van der Waals surface area contributed by atoms with E-state index in [2.05, 4.69) is 13.6 Å². The zero-order chi connectivity index (χ0) is 12.5. The van der Waals surface area contributed by atoms with Gasteiger partial charge in [-0.2, -0.15) is 0 Å². The predicted octanol–water partition coefficient (Wildman–Crippen LogP) is 2.93. The quantitative estimate of drug-likeness (QED) is 0.542. The fraction of sp³-hybridized carbons (Fsp3) is 0.800. The average Bonchev–Trinajstić information content (AvgIpc) is 2.27. The summed E-state index contributed by atoms with van der Waals surface area (Å²) in [6, 6.07) is 0.875. The third kappa shape index (κ3) is 2.79. The molecule has 2 rings (SSSR count). The highest BCUT2D eigenvalue weighted by Gasteiger charge is 2.46. The van der Waals surface area contributed by atoms with E-state index in [4.69, 9.17) is 0 Å². The summed E-state index contributed by atoms with van der Waals surface area (Å²) in [5.74, 6) is 0.885. The number of rotatable bonds is 4. The minimum absolute atomic E-state index is 0.268. The van der Waals surface area contributed by atoms with Crippen molar-refractivity contribution < 1.29 is 9.28 Å². The fourth-order valence-electron chi connectivity index (χ4n) is 3.69. The molecule has 2 fully saturated rings. The standard InChI is InChI=1S/C15H26NO/c1-12(2)15(17)9-13-10-16(3,11-13)14-7-5-4-6-8-14/h13-14H,1,4-11H2,2-3H3/q+1. The third-order valence-electron chi connectivity index (χ3n) is 4.76. The summed E-state index contributed by atoms with van der Waals surface area (Å²) < 4.78 is 1.23. The van der Waals surface area contributed by atoms with E-state index in [0.29, 0.717) is 5.92 Å². The van der Waals surface area contributed by atoms with Crippen molar-refractivity contribution in [3.05, 3.63) is 12.2 Å². The van der Waals surface area contributed by atoms with Gasteiger partial charge >= 0.3 is 0 Å². The van der Waals surface area contributed by atoms with Crippen LogP contribution in [0.1, 0.15) is 45.4 Å². The van der Waals surface area contributed by atoms with Crippen LogP contribution in [0.5, 0.6) is 0 Å². The minimum atomic E-state index is 0.268. The number of quaternary nitrogens is 1. The zero-order valence-electron chi connectivity index (χ0n) is 11.4. The van der Waals surface area contributed by atoms with E-state index < -0.39 is 0 Å². The lowest BCUT2D eigenvalue weighted by Crippen LogP contribution is -2.66. The molecule has 0 unspecified atom stereocenters. The first kappa shape index (κ1) is 12.8. The van der Waals surface area contributed by atoms with Gasteiger partial charge in [-0.1, -0.05) is 13.0 Å².